The highest BCUT2D eigenvalue weighted by Crippen LogP contribution is 2.15. The van der Waals surface area contributed by atoms with Gasteiger partial charge in [0.05, 0.1) is 6.10 Å². The molecule has 1 heterocycles. The first kappa shape index (κ1) is 14.6. The molecule has 1 unspecified atom stereocenters. The molecule has 106 valence electrons. The number of aliphatic hydroxyl groups is 1. The van der Waals surface area contributed by atoms with Crippen molar-refractivity contribution in [2.24, 2.45) is 0 Å². The smallest absolute Gasteiger partial charge is 0.220 e. The summed E-state index contributed by atoms with van der Waals surface area (Å²) in [5, 5.41) is 16.4. The number of thiophene rings is 1. The average Bonchev–Trinajstić information content (AvgIpc) is 2.98. The minimum atomic E-state index is -0.637. The Morgan fingerprint density at radius 2 is 2.05 bits per heavy atom. The number of rotatable bonds is 6. The number of anilines is 1. The molecule has 4 nitrogen and oxygen atoms in total. The number of carbonyl (C=O) groups excluding carboxylic acids is 1. The summed E-state index contributed by atoms with van der Waals surface area (Å²) in [5.74, 6) is -0.0592. The lowest BCUT2D eigenvalue weighted by molar-refractivity contribution is -0.121. The normalized spacial score (nSPS) is 12.1. The molecule has 1 amide bonds. The Labute approximate surface area is 122 Å². The van der Waals surface area contributed by atoms with E-state index in [0.29, 0.717) is 12.8 Å². The highest BCUT2D eigenvalue weighted by molar-refractivity contribution is 7.07. The van der Waals surface area contributed by atoms with Gasteiger partial charge in [-0.3, -0.25) is 4.79 Å². The highest BCUT2D eigenvalue weighted by Gasteiger charge is 2.09. The largest absolute Gasteiger partial charge is 0.399 e. The minimum Gasteiger partial charge on any atom is -0.399 e. The maximum Gasteiger partial charge on any atom is 0.220 e. The SMILES string of the molecule is Nc1ccc(CCC(=O)NCC(O)c2ccsc2)cc1. The average molecular weight is 290 g/mol. The van der Waals surface area contributed by atoms with Crippen molar-refractivity contribution >= 4 is 22.9 Å². The van der Waals surface area contributed by atoms with Crippen LogP contribution in [0.15, 0.2) is 41.1 Å². The van der Waals surface area contributed by atoms with Crippen LogP contribution < -0.4 is 11.1 Å². The van der Waals surface area contributed by atoms with Crippen LogP contribution in [0.4, 0.5) is 5.69 Å². The molecule has 4 N–H and O–H groups in total. The topological polar surface area (TPSA) is 75.4 Å². The quantitative estimate of drug-likeness (QED) is 0.713. The van der Waals surface area contributed by atoms with Crippen LogP contribution in [0.5, 0.6) is 0 Å². The lowest BCUT2D eigenvalue weighted by Gasteiger charge is -2.10. The van der Waals surface area contributed by atoms with E-state index in [1.54, 1.807) is 0 Å². The first-order chi connectivity index (χ1) is 9.65. The first-order valence-electron chi connectivity index (χ1n) is 6.46. The molecule has 0 bridgehead atoms. The molecule has 0 aliphatic rings. The third-order valence-corrected chi connectivity index (χ3v) is 3.74. The molecule has 5 heteroatoms. The standard InChI is InChI=1S/C15H18N2O2S/c16-13-4-1-11(2-5-13)3-6-15(19)17-9-14(18)12-7-8-20-10-12/h1-2,4-5,7-8,10,14,18H,3,6,9,16H2,(H,17,19). The Balaban J connectivity index is 1.71. The van der Waals surface area contributed by atoms with Gasteiger partial charge in [-0.05, 0) is 46.5 Å². The zero-order chi connectivity index (χ0) is 14.4. The van der Waals surface area contributed by atoms with Crippen molar-refractivity contribution in [3.8, 4) is 0 Å². The number of benzene rings is 1. The monoisotopic (exact) mass is 290 g/mol. The van der Waals surface area contributed by atoms with E-state index in [1.807, 2.05) is 41.1 Å². The van der Waals surface area contributed by atoms with Gasteiger partial charge in [0, 0.05) is 18.7 Å². The van der Waals surface area contributed by atoms with Crippen molar-refractivity contribution in [1.29, 1.82) is 0 Å². The number of nitrogens with two attached hydrogens (primary N) is 1. The van der Waals surface area contributed by atoms with E-state index in [4.69, 9.17) is 5.73 Å². The molecule has 0 fully saturated rings. The first-order valence-corrected chi connectivity index (χ1v) is 7.40. The third-order valence-electron chi connectivity index (χ3n) is 3.04. The predicted molar refractivity (Wildman–Crippen MR) is 81.5 cm³/mol. The zero-order valence-electron chi connectivity index (χ0n) is 11.1. The summed E-state index contributed by atoms with van der Waals surface area (Å²) in [7, 11) is 0. The molecule has 0 radical (unpaired) electrons. The van der Waals surface area contributed by atoms with Gasteiger partial charge in [-0.2, -0.15) is 11.3 Å². The van der Waals surface area contributed by atoms with E-state index in [0.717, 1.165) is 16.8 Å². The lowest BCUT2D eigenvalue weighted by atomic mass is 10.1. The molecule has 0 aliphatic heterocycles. The van der Waals surface area contributed by atoms with Crippen molar-refractivity contribution in [2.75, 3.05) is 12.3 Å². The molecular weight excluding hydrogens is 272 g/mol. The van der Waals surface area contributed by atoms with Gasteiger partial charge in [0.25, 0.3) is 0 Å². The van der Waals surface area contributed by atoms with Gasteiger partial charge in [-0.25, -0.2) is 0 Å². The molecule has 0 saturated heterocycles. The fraction of sp³-hybridized carbons (Fsp3) is 0.267. The summed E-state index contributed by atoms with van der Waals surface area (Å²) in [5.41, 5.74) is 8.24. The summed E-state index contributed by atoms with van der Waals surface area (Å²) >= 11 is 1.53. The molecule has 0 saturated carbocycles. The third kappa shape index (κ3) is 4.36. The Morgan fingerprint density at radius 1 is 1.30 bits per heavy atom. The summed E-state index contributed by atoms with van der Waals surface area (Å²) in [6.07, 6.45) is 0.433. The summed E-state index contributed by atoms with van der Waals surface area (Å²) < 4.78 is 0. The predicted octanol–water partition coefficient (Wildman–Crippen LogP) is 2.11. The molecule has 2 rings (SSSR count). The van der Waals surface area contributed by atoms with Crippen LogP contribution in [0.2, 0.25) is 0 Å². The Morgan fingerprint density at radius 3 is 2.70 bits per heavy atom. The summed E-state index contributed by atoms with van der Waals surface area (Å²) in [6, 6.07) is 9.35. The van der Waals surface area contributed by atoms with Crippen LogP contribution in [-0.2, 0) is 11.2 Å². The number of nitrogens with one attached hydrogen (secondary N) is 1. The lowest BCUT2D eigenvalue weighted by Crippen LogP contribution is -2.28. The highest BCUT2D eigenvalue weighted by atomic mass is 32.1. The summed E-state index contributed by atoms with van der Waals surface area (Å²) in [6.45, 7) is 0.247. The number of carbonyl (C=O) groups is 1. The van der Waals surface area contributed by atoms with E-state index in [9.17, 15) is 9.90 Å². The van der Waals surface area contributed by atoms with Gasteiger partial charge in [0.1, 0.15) is 0 Å². The van der Waals surface area contributed by atoms with Crippen LogP contribution in [-0.4, -0.2) is 17.6 Å². The number of nitrogen functional groups attached to an aromatic ring is 1. The molecule has 20 heavy (non-hydrogen) atoms. The fourth-order valence-corrected chi connectivity index (χ4v) is 2.53. The van der Waals surface area contributed by atoms with E-state index < -0.39 is 6.10 Å². The molecule has 0 spiro atoms. The number of hydrogen-bond donors (Lipinski definition) is 3. The van der Waals surface area contributed by atoms with Crippen molar-refractivity contribution in [3.05, 3.63) is 52.2 Å². The van der Waals surface area contributed by atoms with Gasteiger partial charge in [0.2, 0.25) is 5.91 Å². The van der Waals surface area contributed by atoms with Crippen LogP contribution in [0, 0.1) is 0 Å². The van der Waals surface area contributed by atoms with E-state index in [2.05, 4.69) is 5.32 Å². The van der Waals surface area contributed by atoms with Crippen LogP contribution in [0.25, 0.3) is 0 Å². The second-order valence-electron chi connectivity index (χ2n) is 4.62. The molecule has 2 aromatic rings. The second-order valence-corrected chi connectivity index (χ2v) is 5.40. The van der Waals surface area contributed by atoms with E-state index in [-0.39, 0.29) is 12.5 Å². The van der Waals surface area contributed by atoms with Crippen molar-refractivity contribution in [1.82, 2.24) is 5.32 Å². The number of hydrogen-bond acceptors (Lipinski definition) is 4. The molecule has 1 aromatic heterocycles. The van der Waals surface area contributed by atoms with Crippen LogP contribution in [0.3, 0.4) is 0 Å². The molecule has 1 aromatic carbocycles. The summed E-state index contributed by atoms with van der Waals surface area (Å²) in [4.78, 5) is 11.7. The number of aliphatic hydroxyl groups excluding tert-OH is 1. The second kappa shape index (κ2) is 7.07. The van der Waals surface area contributed by atoms with E-state index >= 15 is 0 Å². The van der Waals surface area contributed by atoms with E-state index in [1.165, 1.54) is 11.3 Å². The van der Waals surface area contributed by atoms with Gasteiger partial charge in [-0.15, -0.1) is 0 Å². The Kier molecular flexibility index (Phi) is 5.15. The van der Waals surface area contributed by atoms with Gasteiger partial charge in [-0.1, -0.05) is 12.1 Å². The Hall–Kier alpha value is -1.85. The van der Waals surface area contributed by atoms with Crippen molar-refractivity contribution in [2.45, 2.75) is 18.9 Å². The van der Waals surface area contributed by atoms with Crippen molar-refractivity contribution in [3.63, 3.8) is 0 Å². The van der Waals surface area contributed by atoms with Crippen LogP contribution >= 0.6 is 11.3 Å². The van der Waals surface area contributed by atoms with Crippen molar-refractivity contribution < 1.29 is 9.90 Å². The molecular formula is C15H18N2O2S. The molecule has 1 atom stereocenters. The van der Waals surface area contributed by atoms with Crippen LogP contribution in [0.1, 0.15) is 23.7 Å². The maximum atomic E-state index is 11.7. The zero-order valence-corrected chi connectivity index (χ0v) is 11.9. The van der Waals surface area contributed by atoms with Gasteiger partial charge < -0.3 is 16.2 Å². The fourth-order valence-electron chi connectivity index (χ4n) is 1.82. The minimum absolute atomic E-state index is 0.0592. The van der Waals surface area contributed by atoms with Gasteiger partial charge in [0.15, 0.2) is 0 Å². The van der Waals surface area contributed by atoms with Gasteiger partial charge >= 0.3 is 0 Å². The number of aryl methyl sites for hydroxylation is 1. The maximum absolute atomic E-state index is 11.7. The number of amides is 1. The molecule has 0 aliphatic carbocycles. The Bertz CT molecular complexity index is 538.